The molecule has 0 amide bonds. The second kappa shape index (κ2) is 3.07. The molecule has 2 nitrogen and oxygen atoms in total. The van der Waals surface area contributed by atoms with Crippen molar-refractivity contribution in [2.45, 2.75) is 6.92 Å². The van der Waals surface area contributed by atoms with Crippen molar-refractivity contribution in [1.82, 2.24) is 0 Å². The highest BCUT2D eigenvalue weighted by Crippen LogP contribution is 1.94. The standard InChI is InChI=1S/C7H9NO/c1-2-8-6-7-4-3-5-9-7/h3-6H,2H2,1H3. The molecule has 0 aromatic carbocycles. The van der Waals surface area contributed by atoms with Crippen LogP contribution in [0, 0.1) is 0 Å². The van der Waals surface area contributed by atoms with Crippen LogP contribution in [0.15, 0.2) is 27.8 Å². The van der Waals surface area contributed by atoms with Gasteiger partial charge in [0.2, 0.25) is 0 Å². The average molecular weight is 123 g/mol. The minimum Gasteiger partial charge on any atom is -0.463 e. The normalized spacial score (nSPS) is 10.8. The minimum atomic E-state index is 0.806. The highest BCUT2D eigenvalue weighted by atomic mass is 16.3. The highest BCUT2D eigenvalue weighted by Gasteiger charge is 1.84. The second-order valence-electron chi connectivity index (χ2n) is 1.64. The molecule has 48 valence electrons. The van der Waals surface area contributed by atoms with E-state index in [1.165, 1.54) is 0 Å². The molecule has 0 saturated carbocycles. The van der Waals surface area contributed by atoms with Crippen LogP contribution < -0.4 is 0 Å². The first-order valence-corrected chi connectivity index (χ1v) is 2.97. The number of hydrogen-bond donors (Lipinski definition) is 0. The molecular weight excluding hydrogens is 114 g/mol. The van der Waals surface area contributed by atoms with Gasteiger partial charge in [0, 0.05) is 6.54 Å². The molecule has 1 rings (SSSR count). The van der Waals surface area contributed by atoms with E-state index in [9.17, 15) is 0 Å². The zero-order chi connectivity index (χ0) is 6.53. The topological polar surface area (TPSA) is 25.5 Å². The molecular formula is C7H9NO. The summed E-state index contributed by atoms with van der Waals surface area (Å²) in [6, 6.07) is 3.72. The number of nitrogens with zero attached hydrogens (tertiary/aromatic N) is 1. The highest BCUT2D eigenvalue weighted by molar-refractivity contribution is 5.75. The molecule has 0 atom stereocenters. The Morgan fingerprint density at radius 1 is 1.78 bits per heavy atom. The van der Waals surface area contributed by atoms with Crippen LogP contribution in [0.1, 0.15) is 12.7 Å². The lowest BCUT2D eigenvalue weighted by molar-refractivity contribution is 0.560. The molecule has 0 aliphatic carbocycles. The van der Waals surface area contributed by atoms with E-state index in [0.29, 0.717) is 0 Å². The van der Waals surface area contributed by atoms with E-state index in [1.807, 2.05) is 19.1 Å². The largest absolute Gasteiger partial charge is 0.463 e. The van der Waals surface area contributed by atoms with Gasteiger partial charge in [-0.1, -0.05) is 0 Å². The Bertz CT molecular complexity index is 177. The lowest BCUT2D eigenvalue weighted by Gasteiger charge is -1.79. The van der Waals surface area contributed by atoms with E-state index >= 15 is 0 Å². The van der Waals surface area contributed by atoms with Gasteiger partial charge in [-0.2, -0.15) is 0 Å². The van der Waals surface area contributed by atoms with Gasteiger partial charge in [-0.3, -0.25) is 4.99 Å². The van der Waals surface area contributed by atoms with E-state index in [4.69, 9.17) is 4.42 Å². The summed E-state index contributed by atoms with van der Waals surface area (Å²) < 4.78 is 4.99. The summed E-state index contributed by atoms with van der Waals surface area (Å²) in [5.41, 5.74) is 0. The van der Waals surface area contributed by atoms with Gasteiger partial charge in [0.25, 0.3) is 0 Å². The van der Waals surface area contributed by atoms with Crippen LogP contribution in [0.5, 0.6) is 0 Å². The van der Waals surface area contributed by atoms with Crippen LogP contribution >= 0.6 is 0 Å². The van der Waals surface area contributed by atoms with Crippen molar-refractivity contribution in [3.8, 4) is 0 Å². The minimum absolute atomic E-state index is 0.806. The van der Waals surface area contributed by atoms with Gasteiger partial charge in [-0.05, 0) is 19.1 Å². The number of hydrogen-bond acceptors (Lipinski definition) is 2. The van der Waals surface area contributed by atoms with Gasteiger partial charge < -0.3 is 4.42 Å². The quantitative estimate of drug-likeness (QED) is 0.550. The lowest BCUT2D eigenvalue weighted by Crippen LogP contribution is -1.74. The predicted molar refractivity (Wildman–Crippen MR) is 36.8 cm³/mol. The van der Waals surface area contributed by atoms with E-state index in [1.54, 1.807) is 12.5 Å². The van der Waals surface area contributed by atoms with Crippen molar-refractivity contribution < 1.29 is 4.42 Å². The van der Waals surface area contributed by atoms with Gasteiger partial charge in [0.05, 0.1) is 12.5 Å². The van der Waals surface area contributed by atoms with Crippen molar-refractivity contribution in [3.63, 3.8) is 0 Å². The summed E-state index contributed by atoms with van der Waals surface area (Å²) in [6.45, 7) is 2.79. The van der Waals surface area contributed by atoms with Crippen molar-refractivity contribution >= 4 is 6.21 Å². The molecule has 0 fully saturated rings. The maximum absolute atomic E-state index is 4.99. The molecule has 1 aromatic rings. The van der Waals surface area contributed by atoms with Crippen molar-refractivity contribution in [1.29, 1.82) is 0 Å². The third-order valence-corrected chi connectivity index (χ3v) is 0.944. The predicted octanol–water partition coefficient (Wildman–Crippen LogP) is 1.72. The molecule has 0 saturated heterocycles. The summed E-state index contributed by atoms with van der Waals surface area (Å²) in [5, 5.41) is 0. The third-order valence-electron chi connectivity index (χ3n) is 0.944. The molecule has 1 aromatic heterocycles. The van der Waals surface area contributed by atoms with Gasteiger partial charge in [-0.25, -0.2) is 0 Å². The molecule has 2 heteroatoms. The number of rotatable bonds is 2. The molecule has 0 unspecified atom stereocenters. The number of aliphatic imine (C=N–C) groups is 1. The van der Waals surface area contributed by atoms with Gasteiger partial charge in [0.15, 0.2) is 0 Å². The maximum atomic E-state index is 4.99. The Morgan fingerprint density at radius 3 is 3.22 bits per heavy atom. The Hall–Kier alpha value is -1.05. The van der Waals surface area contributed by atoms with Crippen molar-refractivity contribution in [2.24, 2.45) is 4.99 Å². The molecule has 0 aliphatic rings. The Kier molecular flexibility index (Phi) is 2.07. The Labute approximate surface area is 54.2 Å². The van der Waals surface area contributed by atoms with Crippen LogP contribution in [0.25, 0.3) is 0 Å². The summed E-state index contributed by atoms with van der Waals surface area (Å²) >= 11 is 0. The monoisotopic (exact) mass is 123 g/mol. The van der Waals surface area contributed by atoms with Crippen molar-refractivity contribution in [3.05, 3.63) is 24.2 Å². The van der Waals surface area contributed by atoms with Gasteiger partial charge in [-0.15, -0.1) is 0 Å². The van der Waals surface area contributed by atoms with E-state index in [2.05, 4.69) is 4.99 Å². The molecule has 0 N–H and O–H groups in total. The summed E-state index contributed by atoms with van der Waals surface area (Å²) in [4.78, 5) is 4.00. The average Bonchev–Trinajstić information content (AvgIpc) is 2.34. The fraction of sp³-hybridized carbons (Fsp3) is 0.286. The van der Waals surface area contributed by atoms with Crippen molar-refractivity contribution in [2.75, 3.05) is 6.54 Å². The van der Waals surface area contributed by atoms with Crippen LogP contribution in [0.4, 0.5) is 0 Å². The lowest BCUT2D eigenvalue weighted by atomic mass is 10.5. The smallest absolute Gasteiger partial charge is 0.144 e. The first-order chi connectivity index (χ1) is 4.43. The molecule has 0 aliphatic heterocycles. The Morgan fingerprint density at radius 2 is 2.67 bits per heavy atom. The summed E-state index contributed by atoms with van der Waals surface area (Å²) in [6.07, 6.45) is 3.36. The summed E-state index contributed by atoms with van der Waals surface area (Å²) in [5.74, 6) is 0.817. The zero-order valence-electron chi connectivity index (χ0n) is 5.37. The van der Waals surface area contributed by atoms with Crippen LogP contribution in [-0.2, 0) is 0 Å². The van der Waals surface area contributed by atoms with Crippen LogP contribution in [0.2, 0.25) is 0 Å². The first-order valence-electron chi connectivity index (χ1n) is 2.97. The summed E-state index contributed by atoms with van der Waals surface area (Å²) in [7, 11) is 0. The second-order valence-corrected chi connectivity index (χ2v) is 1.64. The van der Waals surface area contributed by atoms with Crippen LogP contribution in [-0.4, -0.2) is 12.8 Å². The number of furan rings is 1. The molecule has 0 bridgehead atoms. The first kappa shape index (κ1) is 6.08. The van der Waals surface area contributed by atoms with Gasteiger partial charge in [0.1, 0.15) is 5.76 Å². The molecule has 1 heterocycles. The van der Waals surface area contributed by atoms with E-state index in [-0.39, 0.29) is 0 Å². The van der Waals surface area contributed by atoms with E-state index < -0.39 is 0 Å². The van der Waals surface area contributed by atoms with Gasteiger partial charge >= 0.3 is 0 Å². The maximum Gasteiger partial charge on any atom is 0.144 e. The molecule has 0 spiro atoms. The SMILES string of the molecule is CCN=Cc1ccco1. The van der Waals surface area contributed by atoms with Crippen LogP contribution in [0.3, 0.4) is 0 Å². The zero-order valence-corrected chi connectivity index (χ0v) is 5.37. The third kappa shape index (κ3) is 1.72. The molecule has 9 heavy (non-hydrogen) atoms. The molecule has 0 radical (unpaired) electrons. The Balaban J connectivity index is 2.57. The fourth-order valence-corrected chi connectivity index (χ4v) is 0.546. The fourth-order valence-electron chi connectivity index (χ4n) is 0.546. The van der Waals surface area contributed by atoms with E-state index in [0.717, 1.165) is 12.3 Å².